The van der Waals surface area contributed by atoms with E-state index in [9.17, 15) is 4.79 Å². The molecule has 8 heteroatoms. The number of morpholine rings is 1. The molecular formula is C13H19BN2O5. The summed E-state index contributed by atoms with van der Waals surface area (Å²) in [4.78, 5) is 14.2. The maximum absolute atomic E-state index is 11.9. The Labute approximate surface area is 123 Å². The van der Waals surface area contributed by atoms with Gasteiger partial charge in [0.15, 0.2) is 0 Å². The lowest BCUT2D eigenvalue weighted by molar-refractivity contribution is 0.0383. The van der Waals surface area contributed by atoms with Crippen molar-refractivity contribution in [2.75, 3.05) is 39.4 Å². The minimum atomic E-state index is -1.86. The number of hydrogen-bond acceptors (Lipinski definition) is 6. The number of benzene rings is 1. The van der Waals surface area contributed by atoms with E-state index in [1.807, 2.05) is 0 Å². The third kappa shape index (κ3) is 5.35. The number of ether oxygens (including phenoxy) is 1. The number of amides is 1. The Kier molecular flexibility index (Phi) is 6.00. The van der Waals surface area contributed by atoms with Crippen LogP contribution in [0.15, 0.2) is 24.3 Å². The summed E-state index contributed by atoms with van der Waals surface area (Å²) in [6.07, 6.45) is 0. The summed E-state index contributed by atoms with van der Waals surface area (Å²) in [5, 5.41) is 20.2. The van der Waals surface area contributed by atoms with Crippen molar-refractivity contribution in [3.05, 3.63) is 29.8 Å². The molecule has 0 unspecified atom stereocenters. The molecule has 1 amide bonds. The van der Waals surface area contributed by atoms with Crippen molar-refractivity contribution in [1.82, 2.24) is 10.2 Å². The number of rotatable bonds is 6. The van der Waals surface area contributed by atoms with E-state index in [-0.39, 0.29) is 11.7 Å². The minimum absolute atomic E-state index is 0.167. The molecule has 1 aromatic carbocycles. The van der Waals surface area contributed by atoms with Gasteiger partial charge in [-0.15, -0.1) is 0 Å². The maximum Gasteiger partial charge on any atom is 0.707 e. The lowest BCUT2D eigenvalue weighted by Crippen LogP contribution is -2.41. The van der Waals surface area contributed by atoms with E-state index in [1.54, 1.807) is 12.1 Å². The van der Waals surface area contributed by atoms with Crippen molar-refractivity contribution < 1.29 is 24.2 Å². The molecule has 0 aliphatic carbocycles. The zero-order valence-corrected chi connectivity index (χ0v) is 11.7. The molecule has 114 valence electrons. The number of nitrogens with zero attached hydrogens (tertiary/aromatic N) is 1. The monoisotopic (exact) mass is 294 g/mol. The van der Waals surface area contributed by atoms with Gasteiger partial charge in [-0.1, -0.05) is 0 Å². The molecule has 0 spiro atoms. The fourth-order valence-electron chi connectivity index (χ4n) is 2.06. The Bertz CT molecular complexity index is 448. The normalized spacial score (nSPS) is 15.5. The number of carbonyl (C=O) groups is 1. The van der Waals surface area contributed by atoms with Gasteiger partial charge in [0.25, 0.3) is 5.91 Å². The molecule has 7 nitrogen and oxygen atoms in total. The summed E-state index contributed by atoms with van der Waals surface area (Å²) >= 11 is 0. The molecule has 1 fully saturated rings. The molecule has 0 atom stereocenters. The summed E-state index contributed by atoms with van der Waals surface area (Å²) < 4.78 is 9.93. The standard InChI is InChI=1S/C13H19BN2O5/c17-13(15-5-6-16-7-9-20-10-8-16)11-1-3-12(4-2-11)21-14(18)19/h1-4,18-19H,5-10H2,(H,15,17). The van der Waals surface area contributed by atoms with Gasteiger partial charge in [0.2, 0.25) is 0 Å². The summed E-state index contributed by atoms with van der Waals surface area (Å²) in [6.45, 7) is 4.65. The Balaban J connectivity index is 1.74. The lowest BCUT2D eigenvalue weighted by atomic mass is 10.2. The highest BCUT2D eigenvalue weighted by atomic mass is 16.6. The van der Waals surface area contributed by atoms with Gasteiger partial charge in [-0.3, -0.25) is 9.69 Å². The van der Waals surface area contributed by atoms with Crippen LogP contribution in [0.1, 0.15) is 10.4 Å². The lowest BCUT2D eigenvalue weighted by Gasteiger charge is -2.26. The third-order valence-corrected chi connectivity index (χ3v) is 3.18. The Morgan fingerprint density at radius 1 is 1.29 bits per heavy atom. The molecule has 0 saturated carbocycles. The van der Waals surface area contributed by atoms with E-state index in [1.165, 1.54) is 12.1 Å². The SMILES string of the molecule is O=C(NCCN1CCOCC1)c1ccc(OB(O)O)cc1. The Hall–Kier alpha value is -1.61. The first-order valence-electron chi connectivity index (χ1n) is 6.86. The van der Waals surface area contributed by atoms with Gasteiger partial charge in [-0.2, -0.15) is 0 Å². The van der Waals surface area contributed by atoms with Crippen LogP contribution in [-0.4, -0.2) is 67.6 Å². The van der Waals surface area contributed by atoms with E-state index in [2.05, 4.69) is 14.9 Å². The van der Waals surface area contributed by atoms with Gasteiger partial charge in [-0.25, -0.2) is 0 Å². The minimum Gasteiger partial charge on any atom is -0.512 e. The van der Waals surface area contributed by atoms with Crippen LogP contribution in [0.5, 0.6) is 5.75 Å². The molecule has 1 aliphatic rings. The molecule has 1 saturated heterocycles. The molecule has 0 radical (unpaired) electrons. The first-order chi connectivity index (χ1) is 10.1. The number of carbonyl (C=O) groups excluding carboxylic acids is 1. The predicted octanol–water partition coefficient (Wildman–Crippen LogP) is -0.903. The smallest absolute Gasteiger partial charge is 0.512 e. The largest absolute Gasteiger partial charge is 0.707 e. The summed E-state index contributed by atoms with van der Waals surface area (Å²) in [5.74, 6) is 0.120. The van der Waals surface area contributed by atoms with Crippen molar-refractivity contribution >= 4 is 13.2 Å². The van der Waals surface area contributed by atoms with E-state index in [4.69, 9.17) is 14.8 Å². The first kappa shape index (κ1) is 15.8. The quantitative estimate of drug-likeness (QED) is 0.589. The maximum atomic E-state index is 11.9. The highest BCUT2D eigenvalue weighted by Gasteiger charge is 2.13. The van der Waals surface area contributed by atoms with Gasteiger partial charge < -0.3 is 24.8 Å². The van der Waals surface area contributed by atoms with Crippen LogP contribution in [0, 0.1) is 0 Å². The average molecular weight is 294 g/mol. The summed E-state index contributed by atoms with van der Waals surface area (Å²) in [5.41, 5.74) is 0.497. The highest BCUT2D eigenvalue weighted by molar-refractivity contribution is 6.33. The van der Waals surface area contributed by atoms with Gasteiger partial charge in [0.1, 0.15) is 5.75 Å². The zero-order valence-electron chi connectivity index (χ0n) is 11.7. The molecular weight excluding hydrogens is 275 g/mol. The average Bonchev–Trinajstić information content (AvgIpc) is 2.48. The van der Waals surface area contributed by atoms with E-state index >= 15 is 0 Å². The first-order valence-corrected chi connectivity index (χ1v) is 6.86. The van der Waals surface area contributed by atoms with E-state index < -0.39 is 7.32 Å². The predicted molar refractivity (Wildman–Crippen MR) is 76.9 cm³/mol. The van der Waals surface area contributed by atoms with Crippen LogP contribution in [0.2, 0.25) is 0 Å². The van der Waals surface area contributed by atoms with Crippen LogP contribution in [0.3, 0.4) is 0 Å². The van der Waals surface area contributed by atoms with Crippen LogP contribution < -0.4 is 9.97 Å². The molecule has 3 N–H and O–H groups in total. The van der Waals surface area contributed by atoms with Crippen molar-refractivity contribution in [1.29, 1.82) is 0 Å². The van der Waals surface area contributed by atoms with Crippen LogP contribution in [0.4, 0.5) is 0 Å². The third-order valence-electron chi connectivity index (χ3n) is 3.18. The number of hydrogen-bond donors (Lipinski definition) is 3. The van der Waals surface area contributed by atoms with Crippen molar-refractivity contribution in [3.63, 3.8) is 0 Å². The Morgan fingerprint density at radius 3 is 2.57 bits per heavy atom. The second kappa shape index (κ2) is 7.99. The van der Waals surface area contributed by atoms with Gasteiger partial charge in [-0.05, 0) is 24.3 Å². The van der Waals surface area contributed by atoms with Crippen LogP contribution >= 0.6 is 0 Å². The van der Waals surface area contributed by atoms with E-state index in [0.29, 0.717) is 12.1 Å². The van der Waals surface area contributed by atoms with Crippen LogP contribution in [0.25, 0.3) is 0 Å². The van der Waals surface area contributed by atoms with Gasteiger partial charge in [0, 0.05) is 31.7 Å². The second-order valence-electron chi connectivity index (χ2n) is 4.68. The van der Waals surface area contributed by atoms with Crippen molar-refractivity contribution in [2.24, 2.45) is 0 Å². The molecule has 2 rings (SSSR count). The molecule has 0 aromatic heterocycles. The van der Waals surface area contributed by atoms with Gasteiger partial charge in [0.05, 0.1) is 13.2 Å². The fourth-order valence-corrected chi connectivity index (χ4v) is 2.06. The summed E-state index contributed by atoms with van der Waals surface area (Å²) in [7, 11) is -1.86. The number of nitrogens with one attached hydrogen (secondary N) is 1. The second-order valence-corrected chi connectivity index (χ2v) is 4.68. The van der Waals surface area contributed by atoms with Crippen molar-refractivity contribution in [2.45, 2.75) is 0 Å². The molecule has 21 heavy (non-hydrogen) atoms. The van der Waals surface area contributed by atoms with Gasteiger partial charge >= 0.3 is 7.32 Å². The van der Waals surface area contributed by atoms with Crippen LogP contribution in [-0.2, 0) is 4.74 Å². The fraction of sp³-hybridized carbons (Fsp3) is 0.462. The van der Waals surface area contributed by atoms with Crippen molar-refractivity contribution in [3.8, 4) is 5.75 Å². The highest BCUT2D eigenvalue weighted by Crippen LogP contribution is 2.12. The molecule has 1 heterocycles. The summed E-state index contributed by atoms with van der Waals surface area (Å²) in [6, 6.07) is 6.16. The molecule has 1 aromatic rings. The van der Waals surface area contributed by atoms with E-state index in [0.717, 1.165) is 32.8 Å². The zero-order chi connectivity index (χ0) is 15.1. The topological polar surface area (TPSA) is 91.3 Å². The molecule has 0 bridgehead atoms. The Morgan fingerprint density at radius 2 is 1.95 bits per heavy atom. The molecule has 1 aliphatic heterocycles.